The predicted octanol–water partition coefficient (Wildman–Crippen LogP) is 5.55. The minimum Gasteiger partial charge on any atom is -0.502 e. The molecule has 0 heterocycles. The summed E-state index contributed by atoms with van der Waals surface area (Å²) in [6.45, 7) is 2.24. The molecule has 0 amide bonds. The van der Waals surface area contributed by atoms with Gasteiger partial charge in [-0.3, -0.25) is 0 Å². The van der Waals surface area contributed by atoms with Crippen LogP contribution in [0.25, 0.3) is 0 Å². The highest BCUT2D eigenvalue weighted by Gasteiger charge is 1.99. The second kappa shape index (κ2) is 14.9. The molecular weight excluding hydrogens is 264 g/mol. The number of hydrogen-bond acceptors (Lipinski definition) is 2. The molecule has 0 saturated carbocycles. The topological polar surface area (TPSA) is 57.5 Å². The first-order valence-corrected chi connectivity index (χ1v) is 8.14. The van der Waals surface area contributed by atoms with Gasteiger partial charge in [0, 0.05) is 0 Å². The van der Waals surface area contributed by atoms with Crippen molar-refractivity contribution in [3.63, 3.8) is 0 Å². The Labute approximate surface area is 129 Å². The molecule has 21 heavy (non-hydrogen) atoms. The largest absolute Gasteiger partial charge is 0.502 e. The number of rotatable bonds is 13. The molecule has 3 nitrogen and oxygen atoms in total. The molecule has 0 aliphatic rings. The Balaban J connectivity index is 3.39. The van der Waals surface area contributed by atoms with Crippen LogP contribution in [0.4, 0.5) is 0 Å². The second-order valence-electron chi connectivity index (χ2n) is 5.29. The Morgan fingerprint density at radius 2 is 1.38 bits per heavy atom. The third kappa shape index (κ3) is 14.7. The van der Waals surface area contributed by atoms with Crippen LogP contribution in [0.15, 0.2) is 36.1 Å². The van der Waals surface area contributed by atoms with Gasteiger partial charge in [0.05, 0.1) is 0 Å². The van der Waals surface area contributed by atoms with Gasteiger partial charge >= 0.3 is 5.97 Å². The van der Waals surface area contributed by atoms with Crippen LogP contribution >= 0.6 is 0 Å². The standard InChI is InChI=1S/C18H30O3/c1-2-3-4-5-6-7-8-9-10-11-12-13-14-15-16-17(19)18(20)21/h12-16,19H,2-11H2,1H3,(H,20,21). The zero-order chi connectivity index (χ0) is 15.8. The van der Waals surface area contributed by atoms with Crippen LogP contribution in [0.3, 0.4) is 0 Å². The van der Waals surface area contributed by atoms with Gasteiger partial charge in [-0.25, -0.2) is 4.79 Å². The van der Waals surface area contributed by atoms with E-state index in [0.29, 0.717) is 0 Å². The van der Waals surface area contributed by atoms with Gasteiger partial charge in [-0.15, -0.1) is 0 Å². The first-order chi connectivity index (χ1) is 10.2. The third-order valence-corrected chi connectivity index (χ3v) is 3.31. The fourth-order valence-corrected chi connectivity index (χ4v) is 2.03. The molecular formula is C18H30O3. The molecule has 0 unspecified atom stereocenters. The number of hydrogen-bond donors (Lipinski definition) is 2. The van der Waals surface area contributed by atoms with Gasteiger partial charge in [0.25, 0.3) is 0 Å². The first-order valence-electron chi connectivity index (χ1n) is 8.14. The molecule has 0 atom stereocenters. The third-order valence-electron chi connectivity index (χ3n) is 3.31. The van der Waals surface area contributed by atoms with Crippen molar-refractivity contribution in [1.29, 1.82) is 0 Å². The molecule has 0 aliphatic heterocycles. The average Bonchev–Trinajstić information content (AvgIpc) is 2.47. The zero-order valence-corrected chi connectivity index (χ0v) is 13.3. The van der Waals surface area contributed by atoms with Crippen LogP contribution < -0.4 is 0 Å². The summed E-state index contributed by atoms with van der Waals surface area (Å²) in [5.41, 5.74) is 0. The van der Waals surface area contributed by atoms with Crippen LogP contribution in [0.1, 0.15) is 71.1 Å². The van der Waals surface area contributed by atoms with Gasteiger partial charge in [-0.2, -0.15) is 0 Å². The van der Waals surface area contributed by atoms with E-state index >= 15 is 0 Å². The van der Waals surface area contributed by atoms with E-state index in [4.69, 9.17) is 10.2 Å². The summed E-state index contributed by atoms with van der Waals surface area (Å²) < 4.78 is 0. The molecule has 0 aliphatic carbocycles. The molecule has 0 fully saturated rings. The van der Waals surface area contributed by atoms with Crippen LogP contribution in [0, 0.1) is 0 Å². The molecule has 0 aromatic heterocycles. The van der Waals surface area contributed by atoms with Crippen molar-refractivity contribution in [3.05, 3.63) is 36.1 Å². The average molecular weight is 294 g/mol. The van der Waals surface area contributed by atoms with Gasteiger partial charge in [0.2, 0.25) is 5.76 Å². The van der Waals surface area contributed by atoms with Crippen LogP contribution in [0.5, 0.6) is 0 Å². The molecule has 0 rings (SSSR count). The van der Waals surface area contributed by atoms with E-state index in [2.05, 4.69) is 13.0 Å². The monoisotopic (exact) mass is 294 g/mol. The minimum absolute atomic E-state index is 0.640. The smallest absolute Gasteiger partial charge is 0.370 e. The quantitative estimate of drug-likeness (QED) is 0.203. The van der Waals surface area contributed by atoms with E-state index in [1.54, 1.807) is 6.08 Å². The van der Waals surface area contributed by atoms with E-state index in [-0.39, 0.29) is 0 Å². The lowest BCUT2D eigenvalue weighted by Crippen LogP contribution is -1.97. The van der Waals surface area contributed by atoms with Crippen molar-refractivity contribution in [1.82, 2.24) is 0 Å². The summed E-state index contributed by atoms with van der Waals surface area (Å²) in [7, 11) is 0. The Morgan fingerprint density at radius 3 is 1.95 bits per heavy atom. The van der Waals surface area contributed by atoms with Gasteiger partial charge < -0.3 is 10.2 Å². The molecule has 120 valence electrons. The van der Waals surface area contributed by atoms with Gasteiger partial charge in [0.1, 0.15) is 0 Å². The number of allylic oxidation sites excluding steroid dienone is 5. The number of carboxylic acids is 1. The lowest BCUT2D eigenvalue weighted by molar-refractivity contribution is -0.135. The van der Waals surface area contributed by atoms with E-state index < -0.39 is 11.7 Å². The van der Waals surface area contributed by atoms with Gasteiger partial charge in [0.15, 0.2) is 0 Å². The minimum atomic E-state index is -1.31. The molecule has 0 radical (unpaired) electrons. The molecule has 2 N–H and O–H groups in total. The Kier molecular flexibility index (Phi) is 13.8. The lowest BCUT2D eigenvalue weighted by atomic mass is 10.1. The van der Waals surface area contributed by atoms with Crippen molar-refractivity contribution < 1.29 is 15.0 Å². The van der Waals surface area contributed by atoms with E-state index in [1.165, 1.54) is 69.9 Å². The summed E-state index contributed by atoms with van der Waals surface area (Å²) in [4.78, 5) is 10.3. The van der Waals surface area contributed by atoms with Crippen LogP contribution in [-0.2, 0) is 4.79 Å². The summed E-state index contributed by atoms with van der Waals surface area (Å²) >= 11 is 0. The first kappa shape index (κ1) is 19.5. The highest BCUT2D eigenvalue weighted by Crippen LogP contribution is 2.10. The molecule has 0 bridgehead atoms. The van der Waals surface area contributed by atoms with Crippen molar-refractivity contribution >= 4 is 5.97 Å². The molecule has 0 spiro atoms. The van der Waals surface area contributed by atoms with Crippen LogP contribution in [-0.4, -0.2) is 16.2 Å². The molecule has 0 saturated heterocycles. The molecule has 0 aromatic carbocycles. The maximum Gasteiger partial charge on any atom is 0.370 e. The SMILES string of the molecule is CCCCCCCCCCCC=CC=CC=C(O)C(=O)O. The number of unbranched alkanes of at least 4 members (excludes halogenated alkanes) is 9. The van der Waals surface area contributed by atoms with Crippen molar-refractivity contribution in [3.8, 4) is 0 Å². The maximum absolute atomic E-state index is 10.3. The summed E-state index contributed by atoms with van der Waals surface area (Å²) in [6, 6.07) is 0. The molecule has 0 aromatic rings. The van der Waals surface area contributed by atoms with E-state index in [1.807, 2.05) is 6.08 Å². The number of aliphatic hydroxyl groups excluding tert-OH is 1. The van der Waals surface area contributed by atoms with E-state index in [0.717, 1.165) is 6.42 Å². The maximum atomic E-state index is 10.3. The normalized spacial score (nSPS) is 12.5. The fourth-order valence-electron chi connectivity index (χ4n) is 2.03. The highest BCUT2D eigenvalue weighted by atomic mass is 16.4. The summed E-state index contributed by atoms with van der Waals surface area (Å²) in [5, 5.41) is 17.3. The zero-order valence-electron chi connectivity index (χ0n) is 13.3. The summed E-state index contributed by atoms with van der Waals surface area (Å²) in [5.74, 6) is -1.95. The van der Waals surface area contributed by atoms with Crippen molar-refractivity contribution in [2.75, 3.05) is 0 Å². The second-order valence-corrected chi connectivity index (χ2v) is 5.29. The number of carbonyl (C=O) groups is 1. The van der Waals surface area contributed by atoms with Crippen molar-refractivity contribution in [2.45, 2.75) is 71.1 Å². The Bertz CT molecular complexity index is 340. The highest BCUT2D eigenvalue weighted by molar-refractivity contribution is 5.83. The number of aliphatic carboxylic acids is 1. The number of carboxylic acid groups (broad SMARTS) is 1. The fraction of sp³-hybridized carbons (Fsp3) is 0.611. The predicted molar refractivity (Wildman–Crippen MR) is 88.5 cm³/mol. The Morgan fingerprint density at radius 1 is 0.810 bits per heavy atom. The summed E-state index contributed by atoms with van der Waals surface area (Å²) in [6.07, 6.45) is 21.4. The van der Waals surface area contributed by atoms with Gasteiger partial charge in [-0.1, -0.05) is 82.6 Å². The van der Waals surface area contributed by atoms with Crippen molar-refractivity contribution in [2.24, 2.45) is 0 Å². The molecule has 3 heteroatoms. The van der Waals surface area contributed by atoms with Crippen LogP contribution in [0.2, 0.25) is 0 Å². The number of aliphatic hydroxyl groups is 1. The van der Waals surface area contributed by atoms with E-state index in [9.17, 15) is 4.79 Å². The lowest BCUT2D eigenvalue weighted by Gasteiger charge is -2.00. The Hall–Kier alpha value is -1.51. The van der Waals surface area contributed by atoms with Gasteiger partial charge in [-0.05, 0) is 18.9 Å².